The van der Waals surface area contributed by atoms with Gasteiger partial charge in [0.05, 0.1) is 5.71 Å². The predicted molar refractivity (Wildman–Crippen MR) is 38.9 cm³/mol. The topological polar surface area (TPSA) is 67.8 Å². The summed E-state index contributed by atoms with van der Waals surface area (Å²) in [6.07, 6.45) is 1.46. The molecule has 0 saturated heterocycles. The quantitative estimate of drug-likeness (QED) is 0.543. The van der Waals surface area contributed by atoms with E-state index < -0.39 is 11.3 Å². The van der Waals surface area contributed by atoms with Crippen molar-refractivity contribution in [2.24, 2.45) is 21.4 Å². The molecule has 2 N–H and O–H groups in total. The first-order chi connectivity index (χ1) is 4.57. The molecule has 10 heavy (non-hydrogen) atoms. The summed E-state index contributed by atoms with van der Waals surface area (Å²) in [6.45, 7) is 3.43. The van der Waals surface area contributed by atoms with Crippen LogP contribution in [0.4, 0.5) is 0 Å². The Hall–Kier alpha value is -1.19. The first kappa shape index (κ1) is 6.92. The van der Waals surface area contributed by atoms with Gasteiger partial charge in [-0.2, -0.15) is 10.2 Å². The molecule has 4 nitrogen and oxygen atoms in total. The Morgan fingerprint density at radius 3 is 2.60 bits per heavy atom. The van der Waals surface area contributed by atoms with Crippen molar-refractivity contribution in [3.05, 3.63) is 0 Å². The molecule has 0 bridgehead atoms. The second-order valence-electron chi connectivity index (χ2n) is 2.50. The van der Waals surface area contributed by atoms with E-state index in [1.54, 1.807) is 13.8 Å². The normalized spacial score (nSPS) is 30.4. The number of nitrogens with two attached hydrogens (primary N) is 1. The summed E-state index contributed by atoms with van der Waals surface area (Å²) in [7, 11) is 0. The van der Waals surface area contributed by atoms with Crippen LogP contribution in [0.25, 0.3) is 0 Å². The number of nitrogens with zero attached hydrogens (tertiary/aromatic N) is 2. The second kappa shape index (κ2) is 1.90. The first-order valence-electron chi connectivity index (χ1n) is 2.96. The molecule has 0 saturated carbocycles. The largest absolute Gasteiger partial charge is 0.369 e. The summed E-state index contributed by atoms with van der Waals surface area (Å²) in [6, 6.07) is 0. The van der Waals surface area contributed by atoms with Gasteiger partial charge in [0.15, 0.2) is 0 Å². The van der Waals surface area contributed by atoms with Crippen LogP contribution >= 0.6 is 0 Å². The van der Waals surface area contributed by atoms with Gasteiger partial charge in [0.2, 0.25) is 5.91 Å². The number of carbonyl (C=O) groups excluding carboxylic acids is 1. The van der Waals surface area contributed by atoms with E-state index in [1.165, 1.54) is 6.21 Å². The lowest BCUT2D eigenvalue weighted by molar-refractivity contribution is -0.121. The third kappa shape index (κ3) is 0.725. The van der Waals surface area contributed by atoms with E-state index >= 15 is 0 Å². The van der Waals surface area contributed by atoms with Crippen LogP contribution < -0.4 is 5.73 Å². The molecule has 1 rings (SSSR count). The number of primary amides is 1. The SMILES string of the molecule is CC1=NN=CC1(C)C(N)=O. The highest BCUT2D eigenvalue weighted by molar-refractivity contribution is 6.20. The summed E-state index contributed by atoms with van der Waals surface area (Å²) in [5.41, 5.74) is 5.01. The molecule has 0 radical (unpaired) electrons. The van der Waals surface area contributed by atoms with Crippen LogP contribution in [-0.2, 0) is 4.79 Å². The fraction of sp³-hybridized carbons (Fsp3) is 0.500. The van der Waals surface area contributed by atoms with Crippen LogP contribution in [0.3, 0.4) is 0 Å². The van der Waals surface area contributed by atoms with Gasteiger partial charge in [-0.3, -0.25) is 4.79 Å². The van der Waals surface area contributed by atoms with Crippen molar-refractivity contribution in [1.82, 2.24) is 0 Å². The summed E-state index contributed by atoms with van der Waals surface area (Å²) in [5.74, 6) is -0.407. The molecule has 0 aliphatic carbocycles. The van der Waals surface area contributed by atoms with E-state index in [1.807, 2.05) is 0 Å². The van der Waals surface area contributed by atoms with Crippen LogP contribution in [0.5, 0.6) is 0 Å². The maximum absolute atomic E-state index is 10.8. The fourth-order valence-corrected chi connectivity index (χ4v) is 0.670. The van der Waals surface area contributed by atoms with Crippen molar-refractivity contribution in [2.45, 2.75) is 13.8 Å². The molecule has 4 heteroatoms. The van der Waals surface area contributed by atoms with E-state index in [0.29, 0.717) is 5.71 Å². The Balaban J connectivity index is 3.00. The Labute approximate surface area is 58.8 Å². The summed E-state index contributed by atoms with van der Waals surface area (Å²) < 4.78 is 0. The highest BCUT2D eigenvalue weighted by Gasteiger charge is 2.35. The number of hydrogen-bond acceptors (Lipinski definition) is 3. The average Bonchev–Trinajstić information content (AvgIpc) is 2.15. The third-order valence-electron chi connectivity index (χ3n) is 1.79. The molecular formula is C6H9N3O. The molecule has 0 aromatic carbocycles. The highest BCUT2D eigenvalue weighted by atomic mass is 16.1. The smallest absolute Gasteiger partial charge is 0.234 e. The lowest BCUT2D eigenvalue weighted by Gasteiger charge is -2.14. The zero-order valence-corrected chi connectivity index (χ0v) is 5.96. The van der Waals surface area contributed by atoms with E-state index in [0.717, 1.165) is 0 Å². The highest BCUT2D eigenvalue weighted by Crippen LogP contribution is 2.19. The lowest BCUT2D eigenvalue weighted by atomic mass is 9.87. The van der Waals surface area contributed by atoms with Crippen LogP contribution in [0, 0.1) is 5.41 Å². The molecular weight excluding hydrogens is 130 g/mol. The summed E-state index contributed by atoms with van der Waals surface area (Å²) >= 11 is 0. The lowest BCUT2D eigenvalue weighted by Crippen LogP contribution is -2.39. The Morgan fingerprint density at radius 1 is 1.80 bits per heavy atom. The number of rotatable bonds is 1. The number of amides is 1. The van der Waals surface area contributed by atoms with E-state index in [4.69, 9.17) is 5.73 Å². The minimum absolute atomic E-state index is 0.407. The molecule has 1 amide bonds. The van der Waals surface area contributed by atoms with Crippen molar-refractivity contribution in [3.63, 3.8) is 0 Å². The average molecular weight is 139 g/mol. The van der Waals surface area contributed by atoms with Crippen LogP contribution in [0.15, 0.2) is 10.2 Å². The monoisotopic (exact) mass is 139 g/mol. The molecule has 0 fully saturated rings. The molecule has 1 aliphatic rings. The second-order valence-corrected chi connectivity index (χ2v) is 2.50. The minimum atomic E-state index is -0.750. The van der Waals surface area contributed by atoms with Gasteiger partial charge >= 0.3 is 0 Å². The molecule has 1 atom stereocenters. The van der Waals surface area contributed by atoms with Gasteiger partial charge in [-0.05, 0) is 13.8 Å². The van der Waals surface area contributed by atoms with Crippen molar-refractivity contribution >= 4 is 17.8 Å². The first-order valence-corrected chi connectivity index (χ1v) is 2.96. The van der Waals surface area contributed by atoms with Gasteiger partial charge in [-0.15, -0.1) is 0 Å². The summed E-state index contributed by atoms with van der Waals surface area (Å²) in [5, 5.41) is 7.30. The van der Waals surface area contributed by atoms with Crippen molar-refractivity contribution in [1.29, 1.82) is 0 Å². The van der Waals surface area contributed by atoms with Crippen molar-refractivity contribution in [3.8, 4) is 0 Å². The van der Waals surface area contributed by atoms with E-state index in [2.05, 4.69) is 10.2 Å². The zero-order chi connectivity index (χ0) is 7.78. The number of carbonyl (C=O) groups is 1. The molecule has 0 aromatic heterocycles. The Morgan fingerprint density at radius 2 is 2.40 bits per heavy atom. The number of hydrogen-bond donors (Lipinski definition) is 1. The fourth-order valence-electron chi connectivity index (χ4n) is 0.670. The van der Waals surface area contributed by atoms with Gasteiger partial charge in [-0.1, -0.05) is 0 Å². The zero-order valence-electron chi connectivity index (χ0n) is 5.96. The molecule has 0 spiro atoms. The van der Waals surface area contributed by atoms with Crippen LogP contribution in [0.1, 0.15) is 13.8 Å². The molecule has 54 valence electrons. The maximum Gasteiger partial charge on any atom is 0.234 e. The van der Waals surface area contributed by atoms with Gasteiger partial charge in [0.1, 0.15) is 5.41 Å². The van der Waals surface area contributed by atoms with Gasteiger partial charge in [-0.25, -0.2) is 0 Å². The van der Waals surface area contributed by atoms with Gasteiger partial charge in [0, 0.05) is 6.21 Å². The Bertz CT molecular complexity index is 231. The van der Waals surface area contributed by atoms with Crippen LogP contribution in [0.2, 0.25) is 0 Å². The third-order valence-corrected chi connectivity index (χ3v) is 1.79. The maximum atomic E-state index is 10.8. The van der Waals surface area contributed by atoms with E-state index in [9.17, 15) is 4.79 Å². The molecule has 1 heterocycles. The minimum Gasteiger partial charge on any atom is -0.369 e. The molecule has 0 aromatic rings. The molecule has 1 unspecified atom stereocenters. The van der Waals surface area contributed by atoms with Crippen molar-refractivity contribution in [2.75, 3.05) is 0 Å². The predicted octanol–water partition coefficient (Wildman–Crippen LogP) is -0.0617. The van der Waals surface area contributed by atoms with Crippen LogP contribution in [-0.4, -0.2) is 17.8 Å². The summed E-state index contributed by atoms with van der Waals surface area (Å²) in [4.78, 5) is 10.8. The standard InChI is InChI=1S/C6H9N3O/c1-4-6(2,5(7)10)3-8-9-4/h3H,1-2H3,(H2,7,10). The van der Waals surface area contributed by atoms with Gasteiger partial charge in [0.25, 0.3) is 0 Å². The van der Waals surface area contributed by atoms with Gasteiger partial charge < -0.3 is 5.73 Å². The molecule has 1 aliphatic heterocycles. The Kier molecular flexibility index (Phi) is 1.31. The van der Waals surface area contributed by atoms with E-state index in [-0.39, 0.29) is 0 Å². The van der Waals surface area contributed by atoms with Crippen molar-refractivity contribution < 1.29 is 4.79 Å².